The first-order chi connectivity index (χ1) is 21.6. The van der Waals surface area contributed by atoms with E-state index < -0.39 is 34.5 Å². The molecular formula is C32H62N8O7. The van der Waals surface area contributed by atoms with Gasteiger partial charge in [0.25, 0.3) is 0 Å². The van der Waals surface area contributed by atoms with Gasteiger partial charge in [0.1, 0.15) is 28.1 Å². The maximum Gasteiger partial charge on any atom is 0.408 e. The zero-order valence-electron chi connectivity index (χ0n) is 30.4. The lowest BCUT2D eigenvalue weighted by molar-refractivity contribution is -0.128. The number of alkyl carbamates (subject to hydrolysis) is 2. The molecule has 47 heavy (non-hydrogen) atoms. The Bertz CT molecular complexity index is 1060. The molecule has 0 saturated carbocycles. The van der Waals surface area contributed by atoms with Crippen LogP contribution in [0.4, 0.5) is 9.59 Å². The van der Waals surface area contributed by atoms with Gasteiger partial charge in [-0.15, -0.1) is 0 Å². The molecule has 0 saturated heterocycles. The molecule has 0 spiro atoms. The van der Waals surface area contributed by atoms with Crippen LogP contribution in [-0.4, -0.2) is 89.3 Å². The number of carbonyl (C=O) groups excluding carboxylic acids is 4. The molecule has 0 aromatic heterocycles. The van der Waals surface area contributed by atoms with Crippen molar-refractivity contribution >= 4 is 35.7 Å². The van der Waals surface area contributed by atoms with Crippen molar-refractivity contribution in [2.24, 2.45) is 15.7 Å². The van der Waals surface area contributed by atoms with Crippen molar-refractivity contribution < 1.29 is 33.9 Å². The summed E-state index contributed by atoms with van der Waals surface area (Å²) in [5.74, 6) is 0.189. The Morgan fingerprint density at radius 3 is 1.36 bits per heavy atom. The number of aliphatic imine (C=N–C) groups is 2. The maximum absolute atomic E-state index is 13.3. The van der Waals surface area contributed by atoms with E-state index in [-0.39, 0.29) is 11.8 Å². The Balaban J connectivity index is 5.13. The first-order valence-electron chi connectivity index (χ1n) is 16.4. The van der Waals surface area contributed by atoms with Crippen LogP contribution in [0, 0.1) is 0 Å². The highest BCUT2D eigenvalue weighted by Gasteiger charge is 2.37. The zero-order chi connectivity index (χ0) is 36.3. The molecule has 0 aliphatic heterocycles. The summed E-state index contributed by atoms with van der Waals surface area (Å²) < 4.78 is 10.8. The first-order valence-corrected chi connectivity index (χ1v) is 16.4. The normalized spacial score (nSPS) is 15.0. The molecule has 0 fully saturated rings. The fourth-order valence-electron chi connectivity index (χ4n) is 4.29. The SMILES string of the molecule is CC(N)=NCCCCC(C)(NC(=O)OC(C)(C)C)C(=O)NCCCCNC(=O)C(C)(CCCCN=C(C)NO)NC(=O)OC(C)(C)C. The second kappa shape index (κ2) is 20.6. The summed E-state index contributed by atoms with van der Waals surface area (Å²) in [6.45, 7) is 18.8. The quantitative estimate of drug-likeness (QED) is 0.0461. The van der Waals surface area contributed by atoms with E-state index in [0.29, 0.717) is 89.2 Å². The van der Waals surface area contributed by atoms with E-state index in [2.05, 4.69) is 31.3 Å². The van der Waals surface area contributed by atoms with Crippen molar-refractivity contribution in [1.29, 1.82) is 0 Å². The van der Waals surface area contributed by atoms with E-state index in [1.807, 2.05) is 5.48 Å². The fourth-order valence-corrected chi connectivity index (χ4v) is 4.29. The van der Waals surface area contributed by atoms with Gasteiger partial charge in [0.2, 0.25) is 11.8 Å². The summed E-state index contributed by atoms with van der Waals surface area (Å²) >= 11 is 0. The van der Waals surface area contributed by atoms with Gasteiger partial charge in [-0.05, 0) is 121 Å². The number of nitrogens with one attached hydrogen (secondary N) is 5. The van der Waals surface area contributed by atoms with Gasteiger partial charge in [0, 0.05) is 26.2 Å². The number of amides is 4. The molecule has 2 unspecified atom stereocenters. The Kier molecular flexibility index (Phi) is 19.0. The van der Waals surface area contributed by atoms with E-state index in [1.54, 1.807) is 69.2 Å². The van der Waals surface area contributed by atoms with Crippen molar-refractivity contribution in [2.75, 3.05) is 26.2 Å². The van der Waals surface area contributed by atoms with Crippen LogP contribution >= 0.6 is 0 Å². The predicted octanol–water partition coefficient (Wildman–Crippen LogP) is 3.68. The molecule has 0 radical (unpaired) electrons. The van der Waals surface area contributed by atoms with Crippen molar-refractivity contribution in [3.8, 4) is 0 Å². The summed E-state index contributed by atoms with van der Waals surface area (Å²) in [5, 5.41) is 20.1. The van der Waals surface area contributed by atoms with Crippen LogP contribution in [0.15, 0.2) is 9.98 Å². The number of amidine groups is 2. The van der Waals surface area contributed by atoms with Crippen LogP contribution in [-0.2, 0) is 19.1 Å². The molecule has 0 bridgehead atoms. The van der Waals surface area contributed by atoms with Gasteiger partial charge in [0.15, 0.2) is 0 Å². The number of unbranched alkanes of at least 4 members (excludes halogenated alkanes) is 3. The molecule has 0 aromatic carbocycles. The molecule has 272 valence electrons. The molecule has 0 aliphatic carbocycles. The number of ether oxygens (including phenoxy) is 2. The molecule has 8 N–H and O–H groups in total. The summed E-state index contributed by atoms with van der Waals surface area (Å²) in [6, 6.07) is 0. The van der Waals surface area contributed by atoms with Crippen molar-refractivity contribution in [2.45, 2.75) is 143 Å². The molecule has 0 aromatic rings. The van der Waals surface area contributed by atoms with Crippen molar-refractivity contribution in [1.82, 2.24) is 26.7 Å². The lowest BCUT2D eigenvalue weighted by atomic mass is 9.93. The Hall–Kier alpha value is -3.62. The van der Waals surface area contributed by atoms with Gasteiger partial charge < -0.3 is 36.5 Å². The van der Waals surface area contributed by atoms with Gasteiger partial charge >= 0.3 is 12.2 Å². The minimum Gasteiger partial charge on any atom is -0.444 e. The number of rotatable bonds is 19. The lowest BCUT2D eigenvalue weighted by Gasteiger charge is -2.31. The number of hydroxylamine groups is 1. The smallest absolute Gasteiger partial charge is 0.408 e. The van der Waals surface area contributed by atoms with Gasteiger partial charge in [-0.2, -0.15) is 0 Å². The zero-order valence-corrected chi connectivity index (χ0v) is 30.4. The van der Waals surface area contributed by atoms with Crippen molar-refractivity contribution in [3.05, 3.63) is 0 Å². The largest absolute Gasteiger partial charge is 0.444 e. The highest BCUT2D eigenvalue weighted by atomic mass is 16.6. The third-order valence-corrected chi connectivity index (χ3v) is 6.77. The van der Waals surface area contributed by atoms with Gasteiger partial charge in [-0.1, -0.05) is 0 Å². The Labute approximate surface area is 281 Å². The van der Waals surface area contributed by atoms with Crippen LogP contribution in [0.5, 0.6) is 0 Å². The van der Waals surface area contributed by atoms with Crippen molar-refractivity contribution in [3.63, 3.8) is 0 Å². The number of hydrogen-bond donors (Lipinski definition) is 7. The molecular weight excluding hydrogens is 608 g/mol. The van der Waals surface area contributed by atoms with E-state index in [0.717, 1.165) is 0 Å². The van der Waals surface area contributed by atoms with Gasteiger partial charge in [-0.25, -0.2) is 9.59 Å². The van der Waals surface area contributed by atoms with E-state index in [1.165, 1.54) is 0 Å². The molecule has 0 heterocycles. The highest BCUT2D eigenvalue weighted by Crippen LogP contribution is 2.18. The molecule has 0 rings (SSSR count). The summed E-state index contributed by atoms with van der Waals surface area (Å²) in [7, 11) is 0. The van der Waals surface area contributed by atoms with Crippen LogP contribution in [0.1, 0.15) is 121 Å². The molecule has 4 amide bonds. The summed E-state index contributed by atoms with van der Waals surface area (Å²) in [6.07, 6.45) is 3.02. The van der Waals surface area contributed by atoms with E-state index in [4.69, 9.17) is 20.4 Å². The second-order valence-corrected chi connectivity index (χ2v) is 14.2. The molecule has 15 heteroatoms. The average molecular weight is 671 g/mol. The minimum atomic E-state index is -1.23. The standard InChI is InChI=1S/C32H62N8O7/c1-23(33)34-19-13-11-17-31(9,38-27(43)46-29(3,4)5)25(41)36-21-15-16-22-37-26(42)32(10,39-28(44)47-30(6,7)8)18-12-14-20-35-24(2)40-45/h45H,11-22H2,1-10H3,(H2,33,34)(H,35,40)(H,36,41)(H,37,42)(H,38,43)(H,39,44). The minimum absolute atomic E-state index is 0.320. The Morgan fingerprint density at radius 2 is 1.02 bits per heavy atom. The molecule has 0 aliphatic rings. The third kappa shape index (κ3) is 21.0. The number of nitrogens with two attached hydrogens (primary N) is 1. The van der Waals surface area contributed by atoms with Crippen LogP contribution in [0.25, 0.3) is 0 Å². The summed E-state index contributed by atoms with van der Waals surface area (Å²) in [5.41, 5.74) is 3.70. The number of nitrogens with zero attached hydrogens (tertiary/aromatic N) is 2. The number of hydrogen-bond acceptors (Lipinski definition) is 9. The maximum atomic E-state index is 13.3. The van der Waals surface area contributed by atoms with E-state index in [9.17, 15) is 19.2 Å². The average Bonchev–Trinajstić information content (AvgIpc) is 2.91. The van der Waals surface area contributed by atoms with Gasteiger partial charge in [0.05, 0.1) is 5.84 Å². The third-order valence-electron chi connectivity index (χ3n) is 6.77. The highest BCUT2D eigenvalue weighted by molar-refractivity contribution is 5.90. The molecule has 2 atom stereocenters. The van der Waals surface area contributed by atoms with Crippen LogP contribution < -0.4 is 32.5 Å². The fraction of sp³-hybridized carbons (Fsp3) is 0.812. The Morgan fingerprint density at radius 1 is 0.638 bits per heavy atom. The van der Waals surface area contributed by atoms with Crippen LogP contribution in [0.2, 0.25) is 0 Å². The van der Waals surface area contributed by atoms with Crippen LogP contribution in [0.3, 0.4) is 0 Å². The second-order valence-electron chi connectivity index (χ2n) is 14.2. The summed E-state index contributed by atoms with van der Waals surface area (Å²) in [4.78, 5) is 59.9. The lowest BCUT2D eigenvalue weighted by Crippen LogP contribution is -2.58. The topological polar surface area (TPSA) is 218 Å². The molecule has 15 nitrogen and oxygen atoms in total. The monoisotopic (exact) mass is 670 g/mol. The predicted molar refractivity (Wildman–Crippen MR) is 184 cm³/mol. The van der Waals surface area contributed by atoms with Gasteiger partial charge in [-0.3, -0.25) is 30.3 Å². The number of carbonyl (C=O) groups is 4. The van der Waals surface area contributed by atoms with E-state index >= 15 is 0 Å². The first kappa shape index (κ1) is 43.4.